The minimum Gasteiger partial charge on any atom is -0.493 e. The molecule has 0 radical (unpaired) electrons. The number of halogens is 2. The quantitative estimate of drug-likeness (QED) is 0.659. The lowest BCUT2D eigenvalue weighted by Crippen LogP contribution is -2.58. The minimum atomic E-state index is -0.493. The van der Waals surface area contributed by atoms with Crippen molar-refractivity contribution in [3.05, 3.63) is 57.8 Å². The van der Waals surface area contributed by atoms with E-state index in [-0.39, 0.29) is 11.9 Å². The highest BCUT2D eigenvalue weighted by Crippen LogP contribution is 2.53. The molecule has 2 aromatic rings. The first-order chi connectivity index (χ1) is 14.0. The monoisotopic (exact) mass is 459 g/mol. The van der Waals surface area contributed by atoms with E-state index in [2.05, 4.69) is 39.0 Å². The third-order valence-electron chi connectivity index (χ3n) is 6.19. The number of nitrogens with zero attached hydrogens (tertiary/aromatic N) is 3. The number of hydrazone groups is 1. The average Bonchev–Trinajstić information content (AvgIpc) is 3.18. The van der Waals surface area contributed by atoms with E-state index in [1.807, 2.05) is 6.07 Å². The summed E-state index contributed by atoms with van der Waals surface area (Å²) < 4.78 is 26.7. The number of hydrogen-bond acceptors (Lipinski definition) is 5. The second kappa shape index (κ2) is 6.99. The number of methoxy groups -OCH3 is 1. The SMILES string of the molecule is COc1cc(Br)cc2c1OC1(CCN(C)CC1)N1N=C(c3ccc(F)cc3)C[C@@H]21. The van der Waals surface area contributed by atoms with Crippen molar-refractivity contribution >= 4 is 21.6 Å². The van der Waals surface area contributed by atoms with Crippen molar-refractivity contribution in [2.75, 3.05) is 27.2 Å². The van der Waals surface area contributed by atoms with Gasteiger partial charge in [-0.15, -0.1) is 0 Å². The van der Waals surface area contributed by atoms with Gasteiger partial charge in [-0.25, -0.2) is 9.40 Å². The normalized spacial score (nSPS) is 22.7. The Morgan fingerprint density at radius 2 is 1.93 bits per heavy atom. The van der Waals surface area contributed by atoms with Gasteiger partial charge < -0.3 is 14.4 Å². The highest BCUT2D eigenvalue weighted by Gasteiger charge is 2.52. The van der Waals surface area contributed by atoms with Crippen LogP contribution in [0.15, 0.2) is 46.0 Å². The molecule has 3 aliphatic rings. The van der Waals surface area contributed by atoms with E-state index in [0.717, 1.165) is 65.2 Å². The molecule has 1 atom stereocenters. The van der Waals surface area contributed by atoms with E-state index < -0.39 is 5.72 Å². The molecule has 1 fully saturated rings. The second-order valence-electron chi connectivity index (χ2n) is 8.00. The molecule has 0 saturated carbocycles. The van der Waals surface area contributed by atoms with Crippen LogP contribution >= 0.6 is 15.9 Å². The van der Waals surface area contributed by atoms with Crippen LogP contribution in [0.2, 0.25) is 0 Å². The summed E-state index contributed by atoms with van der Waals surface area (Å²) in [5.41, 5.74) is 2.49. The largest absolute Gasteiger partial charge is 0.493 e. The molecule has 0 N–H and O–H groups in total. The summed E-state index contributed by atoms with van der Waals surface area (Å²) in [6.45, 7) is 1.89. The summed E-state index contributed by atoms with van der Waals surface area (Å²) in [5, 5.41) is 7.18. The molecular formula is C22H23BrFN3O2. The fraction of sp³-hybridized carbons (Fsp3) is 0.409. The molecule has 7 heteroatoms. The maximum absolute atomic E-state index is 13.4. The van der Waals surface area contributed by atoms with Gasteiger partial charge in [0.1, 0.15) is 5.82 Å². The molecule has 5 rings (SSSR count). The van der Waals surface area contributed by atoms with E-state index in [1.54, 1.807) is 19.2 Å². The Bertz CT molecular complexity index is 971. The Kier molecular flexibility index (Phi) is 4.55. The second-order valence-corrected chi connectivity index (χ2v) is 8.91. The summed E-state index contributed by atoms with van der Waals surface area (Å²) in [7, 11) is 3.81. The number of fused-ring (bicyclic) bond motifs is 4. The first kappa shape index (κ1) is 18.9. The lowest BCUT2D eigenvalue weighted by molar-refractivity contribution is -0.148. The summed E-state index contributed by atoms with van der Waals surface area (Å²) in [6, 6.07) is 10.7. The van der Waals surface area contributed by atoms with E-state index in [0.29, 0.717) is 0 Å². The highest BCUT2D eigenvalue weighted by molar-refractivity contribution is 9.10. The topological polar surface area (TPSA) is 37.3 Å². The van der Waals surface area contributed by atoms with Crippen molar-refractivity contribution in [1.29, 1.82) is 0 Å². The smallest absolute Gasteiger partial charge is 0.200 e. The average molecular weight is 460 g/mol. The van der Waals surface area contributed by atoms with Gasteiger partial charge in [-0.2, -0.15) is 5.10 Å². The van der Waals surface area contributed by atoms with Crippen LogP contribution in [0.4, 0.5) is 4.39 Å². The van der Waals surface area contributed by atoms with Gasteiger partial charge in [0.25, 0.3) is 0 Å². The first-order valence-corrected chi connectivity index (χ1v) is 10.7. The summed E-state index contributed by atoms with van der Waals surface area (Å²) in [6.07, 6.45) is 2.47. The predicted octanol–water partition coefficient (Wildman–Crippen LogP) is 4.56. The van der Waals surface area contributed by atoms with Crippen molar-refractivity contribution in [3.63, 3.8) is 0 Å². The Labute approximate surface area is 178 Å². The Morgan fingerprint density at radius 1 is 1.21 bits per heavy atom. The summed E-state index contributed by atoms with van der Waals surface area (Å²) in [5.74, 6) is 1.32. The minimum absolute atomic E-state index is 0.0635. The summed E-state index contributed by atoms with van der Waals surface area (Å²) >= 11 is 3.60. The van der Waals surface area contributed by atoms with Gasteiger partial charge in [0.15, 0.2) is 11.5 Å². The zero-order valence-electron chi connectivity index (χ0n) is 16.5. The molecule has 0 bridgehead atoms. The van der Waals surface area contributed by atoms with E-state index in [4.69, 9.17) is 14.6 Å². The third kappa shape index (κ3) is 3.11. The molecule has 0 amide bonds. The molecular weight excluding hydrogens is 437 g/mol. The van der Waals surface area contributed by atoms with Crippen LogP contribution in [0, 0.1) is 5.82 Å². The van der Waals surface area contributed by atoms with E-state index in [9.17, 15) is 4.39 Å². The Balaban J connectivity index is 1.62. The number of ether oxygens (including phenoxy) is 2. The lowest BCUT2D eigenvalue weighted by atomic mass is 9.90. The van der Waals surface area contributed by atoms with Crippen LogP contribution in [-0.4, -0.2) is 48.6 Å². The van der Waals surface area contributed by atoms with Crippen LogP contribution in [0.3, 0.4) is 0 Å². The van der Waals surface area contributed by atoms with Crippen LogP contribution in [0.5, 0.6) is 11.5 Å². The van der Waals surface area contributed by atoms with Gasteiger partial charge in [-0.3, -0.25) is 0 Å². The molecule has 1 saturated heterocycles. The molecule has 5 nitrogen and oxygen atoms in total. The fourth-order valence-electron chi connectivity index (χ4n) is 4.58. The predicted molar refractivity (Wildman–Crippen MR) is 113 cm³/mol. The van der Waals surface area contributed by atoms with Gasteiger partial charge in [0.05, 0.1) is 18.9 Å². The number of hydrogen-bond donors (Lipinski definition) is 0. The zero-order valence-corrected chi connectivity index (χ0v) is 18.1. The van der Waals surface area contributed by atoms with Gasteiger partial charge in [0, 0.05) is 42.4 Å². The number of rotatable bonds is 2. The van der Waals surface area contributed by atoms with Crippen molar-refractivity contribution in [2.45, 2.75) is 31.0 Å². The summed E-state index contributed by atoms with van der Waals surface area (Å²) in [4.78, 5) is 2.32. The van der Waals surface area contributed by atoms with Gasteiger partial charge >= 0.3 is 0 Å². The molecule has 1 spiro atoms. The van der Waals surface area contributed by atoms with Crippen LogP contribution < -0.4 is 9.47 Å². The molecule has 0 aromatic heterocycles. The number of piperidine rings is 1. The number of likely N-dealkylation sites (tertiary alicyclic amines) is 1. The molecule has 0 unspecified atom stereocenters. The van der Waals surface area contributed by atoms with E-state index in [1.165, 1.54) is 12.1 Å². The molecule has 2 aromatic carbocycles. The Morgan fingerprint density at radius 3 is 2.62 bits per heavy atom. The van der Waals surface area contributed by atoms with Gasteiger partial charge in [-0.1, -0.05) is 28.1 Å². The standard InChI is InChI=1S/C22H23BrFN3O2/c1-26-9-7-22(8-10-26)27-19(13-18(25-27)14-3-5-16(24)6-4-14)17-11-15(23)12-20(28-2)21(17)29-22/h3-6,11-12,19H,7-10,13H2,1-2H3/t19-/m0/s1. The van der Waals surface area contributed by atoms with Crippen molar-refractivity contribution in [2.24, 2.45) is 5.10 Å². The van der Waals surface area contributed by atoms with Crippen LogP contribution in [0.25, 0.3) is 0 Å². The molecule has 29 heavy (non-hydrogen) atoms. The van der Waals surface area contributed by atoms with Gasteiger partial charge in [-0.05, 0) is 36.9 Å². The van der Waals surface area contributed by atoms with Crippen molar-refractivity contribution in [3.8, 4) is 11.5 Å². The Hall–Kier alpha value is -2.12. The number of benzene rings is 2. The van der Waals surface area contributed by atoms with Crippen molar-refractivity contribution < 1.29 is 13.9 Å². The van der Waals surface area contributed by atoms with Crippen LogP contribution in [0.1, 0.15) is 36.4 Å². The van der Waals surface area contributed by atoms with Crippen LogP contribution in [-0.2, 0) is 0 Å². The maximum atomic E-state index is 13.4. The van der Waals surface area contributed by atoms with E-state index >= 15 is 0 Å². The molecule has 3 heterocycles. The van der Waals surface area contributed by atoms with Crippen molar-refractivity contribution in [1.82, 2.24) is 9.91 Å². The van der Waals surface area contributed by atoms with Gasteiger partial charge in [0.2, 0.25) is 5.72 Å². The fourth-order valence-corrected chi connectivity index (χ4v) is 5.03. The highest BCUT2D eigenvalue weighted by atomic mass is 79.9. The maximum Gasteiger partial charge on any atom is 0.200 e. The molecule has 152 valence electrons. The zero-order chi connectivity index (χ0) is 20.2. The third-order valence-corrected chi connectivity index (χ3v) is 6.65. The molecule has 3 aliphatic heterocycles. The molecule has 0 aliphatic carbocycles. The lowest BCUT2D eigenvalue weighted by Gasteiger charge is -2.51. The first-order valence-electron chi connectivity index (χ1n) is 9.87.